The number of aromatic nitrogens is 2. The highest BCUT2D eigenvalue weighted by molar-refractivity contribution is 7.91. The lowest BCUT2D eigenvalue weighted by molar-refractivity contribution is 0.409. The third kappa shape index (κ3) is 3.15. The number of sulfone groups is 1. The van der Waals surface area contributed by atoms with Gasteiger partial charge < -0.3 is 9.64 Å². The van der Waals surface area contributed by atoms with Gasteiger partial charge in [0.15, 0.2) is 26.6 Å². The third-order valence-electron chi connectivity index (χ3n) is 3.19. The molecule has 0 aromatic carbocycles. The van der Waals surface area contributed by atoms with Crippen molar-refractivity contribution in [1.82, 2.24) is 9.97 Å². The van der Waals surface area contributed by atoms with Crippen LogP contribution in [0.4, 0.5) is 5.82 Å². The number of ether oxygens (including phenoxy) is 1. The van der Waals surface area contributed by atoms with Crippen LogP contribution in [0.1, 0.15) is 25.6 Å². The van der Waals surface area contributed by atoms with Gasteiger partial charge in [-0.05, 0) is 0 Å². The van der Waals surface area contributed by atoms with E-state index in [4.69, 9.17) is 16.3 Å². The second-order valence-corrected chi connectivity index (χ2v) is 7.68. The molecule has 0 bridgehead atoms. The number of methoxy groups -OCH3 is 1. The number of hydrogen-bond donors (Lipinski definition) is 0. The quantitative estimate of drug-likeness (QED) is 0.786. The van der Waals surface area contributed by atoms with Gasteiger partial charge in [0.05, 0.1) is 18.6 Å². The maximum Gasteiger partial charge on any atom is 0.199 e. The van der Waals surface area contributed by atoms with Crippen molar-refractivity contribution < 1.29 is 13.2 Å². The third-order valence-corrected chi connectivity index (χ3v) is 5.05. The van der Waals surface area contributed by atoms with E-state index in [9.17, 15) is 8.42 Å². The Balaban J connectivity index is 2.39. The number of nitrogens with zero attached hydrogens (tertiary/aromatic N) is 3. The lowest BCUT2D eigenvalue weighted by Crippen LogP contribution is -2.41. The number of rotatable bonds is 3. The van der Waals surface area contributed by atoms with Gasteiger partial charge in [0, 0.05) is 19.0 Å². The van der Waals surface area contributed by atoms with Gasteiger partial charge in [0.25, 0.3) is 0 Å². The van der Waals surface area contributed by atoms with E-state index in [1.807, 2.05) is 18.7 Å². The molecule has 0 unspecified atom stereocenters. The van der Waals surface area contributed by atoms with Gasteiger partial charge in [-0.2, -0.15) is 0 Å². The van der Waals surface area contributed by atoms with E-state index in [2.05, 4.69) is 9.97 Å². The molecule has 0 spiro atoms. The molecule has 0 atom stereocenters. The summed E-state index contributed by atoms with van der Waals surface area (Å²) in [6.45, 7) is 4.73. The molecule has 8 heteroatoms. The second-order valence-electron chi connectivity index (χ2n) is 5.02. The maximum absolute atomic E-state index is 11.5. The summed E-state index contributed by atoms with van der Waals surface area (Å²) >= 11 is 6.13. The Bertz CT molecular complexity index is 590. The fourth-order valence-corrected chi connectivity index (χ4v) is 3.45. The second kappa shape index (κ2) is 5.73. The molecule has 0 aliphatic carbocycles. The summed E-state index contributed by atoms with van der Waals surface area (Å²) < 4.78 is 28.3. The summed E-state index contributed by atoms with van der Waals surface area (Å²) in [5.41, 5.74) is 0. The minimum Gasteiger partial charge on any atom is -0.490 e. The predicted molar refractivity (Wildman–Crippen MR) is 78.5 cm³/mol. The average molecular weight is 320 g/mol. The van der Waals surface area contributed by atoms with Gasteiger partial charge in [-0.3, -0.25) is 0 Å². The zero-order chi connectivity index (χ0) is 14.9. The first-order valence-electron chi connectivity index (χ1n) is 6.41. The van der Waals surface area contributed by atoms with Crippen LogP contribution in [-0.2, 0) is 9.84 Å². The molecule has 2 rings (SSSR count). The Kier molecular flexibility index (Phi) is 4.39. The Morgan fingerprint density at radius 3 is 2.35 bits per heavy atom. The first kappa shape index (κ1) is 15.3. The molecule has 0 saturated carbocycles. The standard InChI is InChI=1S/C12H18ClN3O3S/c1-8(2)11-14-10(13)9(19-3)12(15-11)16-4-6-20(17,18)7-5-16/h8H,4-7H2,1-3H3. The van der Waals surface area contributed by atoms with Crippen molar-refractivity contribution in [3.63, 3.8) is 0 Å². The molecule has 20 heavy (non-hydrogen) atoms. The molecule has 1 aliphatic heterocycles. The van der Waals surface area contributed by atoms with Gasteiger partial charge >= 0.3 is 0 Å². The van der Waals surface area contributed by atoms with E-state index in [1.54, 1.807) is 0 Å². The molecule has 112 valence electrons. The molecule has 1 aliphatic rings. The zero-order valence-electron chi connectivity index (χ0n) is 11.8. The largest absolute Gasteiger partial charge is 0.490 e. The summed E-state index contributed by atoms with van der Waals surface area (Å²) in [5.74, 6) is 1.97. The van der Waals surface area contributed by atoms with E-state index in [1.165, 1.54) is 7.11 Å². The molecule has 6 nitrogen and oxygen atoms in total. The minimum atomic E-state index is -2.94. The number of anilines is 1. The molecular weight excluding hydrogens is 302 g/mol. The summed E-state index contributed by atoms with van der Waals surface area (Å²) in [4.78, 5) is 10.6. The highest BCUT2D eigenvalue weighted by atomic mass is 35.5. The average Bonchev–Trinajstić information content (AvgIpc) is 2.37. The molecule has 1 fully saturated rings. The lowest BCUT2D eigenvalue weighted by atomic mass is 10.2. The molecule has 0 N–H and O–H groups in total. The van der Waals surface area contributed by atoms with E-state index in [-0.39, 0.29) is 22.6 Å². The molecule has 1 aromatic rings. The van der Waals surface area contributed by atoms with Crippen LogP contribution in [0.25, 0.3) is 0 Å². The number of halogens is 1. The van der Waals surface area contributed by atoms with E-state index in [0.29, 0.717) is 30.5 Å². The van der Waals surface area contributed by atoms with Gasteiger partial charge in [-0.1, -0.05) is 25.4 Å². The summed E-state index contributed by atoms with van der Waals surface area (Å²) in [6, 6.07) is 0. The molecular formula is C12H18ClN3O3S. The van der Waals surface area contributed by atoms with Crippen LogP contribution < -0.4 is 9.64 Å². The van der Waals surface area contributed by atoms with Gasteiger partial charge in [0.2, 0.25) is 0 Å². The van der Waals surface area contributed by atoms with Gasteiger partial charge in [-0.25, -0.2) is 18.4 Å². The Hall–Kier alpha value is -1.08. The molecule has 2 heterocycles. The van der Waals surface area contributed by atoms with E-state index >= 15 is 0 Å². The van der Waals surface area contributed by atoms with Crippen molar-refractivity contribution in [2.45, 2.75) is 19.8 Å². The predicted octanol–water partition coefficient (Wildman–Crippen LogP) is 1.50. The molecule has 1 saturated heterocycles. The molecule has 0 amide bonds. The van der Waals surface area contributed by atoms with Crippen LogP contribution in [-0.4, -0.2) is 50.1 Å². The Morgan fingerprint density at radius 2 is 1.85 bits per heavy atom. The highest BCUT2D eigenvalue weighted by Gasteiger charge is 2.27. The molecule has 0 radical (unpaired) electrons. The monoisotopic (exact) mass is 319 g/mol. The van der Waals surface area contributed by atoms with Gasteiger partial charge in [-0.15, -0.1) is 0 Å². The van der Waals surface area contributed by atoms with Crippen LogP contribution in [0, 0.1) is 0 Å². The van der Waals surface area contributed by atoms with Crippen molar-refractivity contribution in [1.29, 1.82) is 0 Å². The SMILES string of the molecule is COc1c(Cl)nc(C(C)C)nc1N1CCS(=O)(=O)CC1. The lowest BCUT2D eigenvalue weighted by Gasteiger charge is -2.29. The fourth-order valence-electron chi connectivity index (χ4n) is 2.00. The zero-order valence-corrected chi connectivity index (χ0v) is 13.3. The van der Waals surface area contributed by atoms with Crippen LogP contribution in [0.5, 0.6) is 5.75 Å². The summed E-state index contributed by atoms with van der Waals surface area (Å²) in [7, 11) is -1.43. The smallest absolute Gasteiger partial charge is 0.199 e. The topological polar surface area (TPSA) is 72.4 Å². The fraction of sp³-hybridized carbons (Fsp3) is 0.667. The maximum atomic E-state index is 11.5. The Labute approximate surface area is 124 Å². The first-order valence-corrected chi connectivity index (χ1v) is 8.61. The number of hydrogen-bond acceptors (Lipinski definition) is 6. The summed E-state index contributed by atoms with van der Waals surface area (Å²) in [5, 5.41) is 0.259. The summed E-state index contributed by atoms with van der Waals surface area (Å²) in [6.07, 6.45) is 0. The van der Waals surface area contributed by atoms with E-state index < -0.39 is 9.84 Å². The van der Waals surface area contributed by atoms with Crippen molar-refractivity contribution in [2.24, 2.45) is 0 Å². The first-order chi connectivity index (χ1) is 9.34. The van der Waals surface area contributed by atoms with Crippen LogP contribution in [0.3, 0.4) is 0 Å². The normalized spacial score (nSPS) is 18.4. The van der Waals surface area contributed by atoms with Crippen molar-refractivity contribution in [3.8, 4) is 5.75 Å². The van der Waals surface area contributed by atoms with Crippen LogP contribution in [0.2, 0.25) is 5.15 Å². The van der Waals surface area contributed by atoms with Crippen molar-refractivity contribution in [2.75, 3.05) is 36.6 Å². The van der Waals surface area contributed by atoms with Crippen LogP contribution >= 0.6 is 11.6 Å². The highest BCUT2D eigenvalue weighted by Crippen LogP contribution is 2.34. The molecule has 1 aromatic heterocycles. The van der Waals surface area contributed by atoms with Crippen LogP contribution in [0.15, 0.2) is 0 Å². The Morgan fingerprint density at radius 1 is 1.25 bits per heavy atom. The van der Waals surface area contributed by atoms with E-state index in [0.717, 1.165) is 0 Å². The minimum absolute atomic E-state index is 0.120. The van der Waals surface area contributed by atoms with Crippen molar-refractivity contribution >= 4 is 27.3 Å². The van der Waals surface area contributed by atoms with Crippen molar-refractivity contribution in [3.05, 3.63) is 11.0 Å². The van der Waals surface area contributed by atoms with Gasteiger partial charge in [0.1, 0.15) is 5.82 Å².